The van der Waals surface area contributed by atoms with E-state index in [9.17, 15) is 14.9 Å². The highest BCUT2D eigenvalue weighted by molar-refractivity contribution is 5.91. The van der Waals surface area contributed by atoms with Crippen LogP contribution in [0, 0.1) is 10.1 Å². The molecule has 1 aliphatic heterocycles. The second-order valence-electron chi connectivity index (χ2n) is 6.46. The Hall–Kier alpha value is -1.93. The molecule has 8 nitrogen and oxygen atoms in total. The number of nitrogens with zero attached hydrogens (tertiary/aromatic N) is 2. The first-order chi connectivity index (χ1) is 11.6. The van der Waals surface area contributed by atoms with Crippen LogP contribution in [0.2, 0.25) is 0 Å². The monoisotopic (exact) mass is 337 g/mol. The van der Waals surface area contributed by atoms with E-state index < -0.39 is 16.7 Å². The van der Waals surface area contributed by atoms with Crippen LogP contribution in [0.15, 0.2) is 16.5 Å². The number of ether oxygens (including phenoxy) is 1. The molecule has 0 atom stereocenters. The van der Waals surface area contributed by atoms with Crippen molar-refractivity contribution in [2.45, 2.75) is 37.6 Å². The predicted molar refractivity (Wildman–Crippen MR) is 85.9 cm³/mol. The lowest BCUT2D eigenvalue weighted by Crippen LogP contribution is -2.59. The highest BCUT2D eigenvalue weighted by Crippen LogP contribution is 2.34. The summed E-state index contributed by atoms with van der Waals surface area (Å²) in [6.07, 6.45) is 5.63. The van der Waals surface area contributed by atoms with Gasteiger partial charge in [-0.05, 0) is 18.9 Å². The smallest absolute Gasteiger partial charge is 0.395 e. The van der Waals surface area contributed by atoms with Crippen LogP contribution in [0.5, 0.6) is 0 Å². The zero-order chi connectivity index (χ0) is 17.0. The van der Waals surface area contributed by atoms with Crippen LogP contribution in [0.25, 0.3) is 0 Å². The summed E-state index contributed by atoms with van der Waals surface area (Å²) in [7, 11) is 0. The maximum atomic E-state index is 12.3. The summed E-state index contributed by atoms with van der Waals surface area (Å²) in [4.78, 5) is 24.7. The van der Waals surface area contributed by atoms with Gasteiger partial charge in [0.2, 0.25) is 0 Å². The average Bonchev–Trinajstić information content (AvgIpc) is 3.12. The van der Waals surface area contributed by atoms with E-state index in [1.807, 2.05) is 0 Å². The fourth-order valence-corrected chi connectivity index (χ4v) is 3.73. The van der Waals surface area contributed by atoms with Crippen LogP contribution in [0.1, 0.15) is 42.7 Å². The second kappa shape index (κ2) is 7.31. The molecule has 0 aromatic carbocycles. The summed E-state index contributed by atoms with van der Waals surface area (Å²) in [5.74, 6) is -0.836. The lowest BCUT2D eigenvalue weighted by molar-refractivity contribution is -0.402. The number of hydrogen-bond acceptors (Lipinski definition) is 6. The van der Waals surface area contributed by atoms with E-state index in [2.05, 4.69) is 10.2 Å². The highest BCUT2D eigenvalue weighted by Gasteiger charge is 2.39. The van der Waals surface area contributed by atoms with Crippen LogP contribution >= 0.6 is 0 Å². The van der Waals surface area contributed by atoms with Gasteiger partial charge in [0.15, 0.2) is 5.76 Å². The molecule has 1 saturated carbocycles. The minimum atomic E-state index is -0.646. The molecule has 1 aromatic rings. The minimum Gasteiger partial charge on any atom is -0.395 e. The molecule has 1 amide bonds. The van der Waals surface area contributed by atoms with Gasteiger partial charge < -0.3 is 14.5 Å². The first-order valence-corrected chi connectivity index (χ1v) is 8.46. The van der Waals surface area contributed by atoms with Crippen molar-refractivity contribution in [3.8, 4) is 0 Å². The van der Waals surface area contributed by atoms with Crippen molar-refractivity contribution >= 4 is 11.8 Å². The van der Waals surface area contributed by atoms with Gasteiger partial charge in [0.1, 0.15) is 4.92 Å². The number of rotatable bonds is 5. The van der Waals surface area contributed by atoms with Crippen LogP contribution < -0.4 is 5.32 Å². The standard InChI is InChI=1S/C16H23N3O5/c20-15(13-4-5-14(24-13)19(21)22)17-12-16(6-2-1-3-7-16)18-8-10-23-11-9-18/h4-5H,1-3,6-12H2,(H,17,20). The van der Waals surface area contributed by atoms with Gasteiger partial charge >= 0.3 is 5.88 Å². The summed E-state index contributed by atoms with van der Waals surface area (Å²) in [5, 5.41) is 13.6. The van der Waals surface area contributed by atoms with Crippen molar-refractivity contribution in [1.29, 1.82) is 0 Å². The van der Waals surface area contributed by atoms with E-state index in [-0.39, 0.29) is 11.3 Å². The van der Waals surface area contributed by atoms with Crippen molar-refractivity contribution in [2.24, 2.45) is 0 Å². The molecule has 0 spiro atoms. The number of carbonyl (C=O) groups excluding carboxylic acids is 1. The number of morpholine rings is 1. The first kappa shape index (κ1) is 16.9. The molecule has 0 radical (unpaired) electrons. The molecule has 1 saturated heterocycles. The number of nitro groups is 1. The van der Waals surface area contributed by atoms with Crippen LogP contribution in [0.4, 0.5) is 5.88 Å². The molecule has 3 rings (SSSR count). The molecular formula is C16H23N3O5. The van der Waals surface area contributed by atoms with Gasteiger partial charge in [-0.2, -0.15) is 0 Å². The zero-order valence-electron chi connectivity index (χ0n) is 13.7. The summed E-state index contributed by atoms with van der Waals surface area (Å²) in [6, 6.07) is 2.54. The van der Waals surface area contributed by atoms with Crippen molar-refractivity contribution in [3.63, 3.8) is 0 Å². The fraction of sp³-hybridized carbons (Fsp3) is 0.688. The van der Waals surface area contributed by atoms with Crippen molar-refractivity contribution in [1.82, 2.24) is 10.2 Å². The maximum Gasteiger partial charge on any atom is 0.433 e. The Labute approximate surface area is 140 Å². The van der Waals surface area contributed by atoms with E-state index in [0.29, 0.717) is 6.54 Å². The lowest BCUT2D eigenvalue weighted by atomic mass is 9.79. The van der Waals surface area contributed by atoms with Gasteiger partial charge in [-0.15, -0.1) is 0 Å². The highest BCUT2D eigenvalue weighted by atomic mass is 16.6. The van der Waals surface area contributed by atoms with Crippen LogP contribution in [-0.2, 0) is 4.74 Å². The van der Waals surface area contributed by atoms with Crippen molar-refractivity contribution in [2.75, 3.05) is 32.8 Å². The Balaban J connectivity index is 1.66. The Kier molecular flexibility index (Phi) is 5.15. The normalized spacial score (nSPS) is 21.3. The second-order valence-corrected chi connectivity index (χ2v) is 6.46. The Morgan fingerprint density at radius 1 is 1.25 bits per heavy atom. The zero-order valence-corrected chi connectivity index (χ0v) is 13.7. The molecule has 0 unspecified atom stereocenters. The molecule has 0 bridgehead atoms. The first-order valence-electron chi connectivity index (χ1n) is 8.46. The van der Waals surface area contributed by atoms with Gasteiger partial charge in [-0.3, -0.25) is 19.8 Å². The van der Waals surface area contributed by atoms with Crippen LogP contribution in [0.3, 0.4) is 0 Å². The maximum absolute atomic E-state index is 12.3. The largest absolute Gasteiger partial charge is 0.433 e. The molecule has 2 heterocycles. The summed E-state index contributed by atoms with van der Waals surface area (Å²) in [6.45, 7) is 3.73. The average molecular weight is 337 g/mol. The summed E-state index contributed by atoms with van der Waals surface area (Å²) in [5.41, 5.74) is -0.0454. The number of hydrogen-bond donors (Lipinski definition) is 1. The molecule has 24 heavy (non-hydrogen) atoms. The molecule has 132 valence electrons. The van der Waals surface area contributed by atoms with E-state index in [1.165, 1.54) is 18.6 Å². The topological polar surface area (TPSA) is 97.9 Å². The number of nitrogens with one attached hydrogen (secondary N) is 1. The third-order valence-corrected chi connectivity index (χ3v) is 5.04. The van der Waals surface area contributed by atoms with E-state index in [0.717, 1.165) is 52.0 Å². The van der Waals surface area contributed by atoms with Gasteiger partial charge in [-0.1, -0.05) is 19.3 Å². The minimum absolute atomic E-state index is 0.0189. The van der Waals surface area contributed by atoms with Gasteiger partial charge in [0.05, 0.1) is 19.3 Å². The Morgan fingerprint density at radius 2 is 1.96 bits per heavy atom. The Morgan fingerprint density at radius 3 is 2.58 bits per heavy atom. The van der Waals surface area contributed by atoms with E-state index in [4.69, 9.17) is 9.15 Å². The molecule has 2 aliphatic rings. The fourth-order valence-electron chi connectivity index (χ4n) is 3.73. The van der Waals surface area contributed by atoms with Gasteiger partial charge in [0.25, 0.3) is 5.91 Å². The van der Waals surface area contributed by atoms with Crippen molar-refractivity contribution < 1.29 is 18.9 Å². The molecule has 1 aromatic heterocycles. The van der Waals surface area contributed by atoms with Gasteiger partial charge in [0, 0.05) is 25.2 Å². The number of carbonyl (C=O) groups is 1. The summed E-state index contributed by atoms with van der Waals surface area (Å²) >= 11 is 0. The quantitative estimate of drug-likeness (QED) is 0.651. The molecule has 1 aliphatic carbocycles. The molecular weight excluding hydrogens is 314 g/mol. The van der Waals surface area contributed by atoms with Gasteiger partial charge in [-0.25, -0.2) is 0 Å². The number of furan rings is 1. The molecule has 2 fully saturated rings. The number of amides is 1. The summed E-state index contributed by atoms with van der Waals surface area (Å²) < 4.78 is 10.4. The third kappa shape index (κ3) is 3.59. The third-order valence-electron chi connectivity index (χ3n) is 5.04. The van der Waals surface area contributed by atoms with E-state index in [1.54, 1.807) is 0 Å². The lowest BCUT2D eigenvalue weighted by Gasteiger charge is -2.48. The van der Waals surface area contributed by atoms with E-state index >= 15 is 0 Å². The molecule has 8 heteroatoms. The van der Waals surface area contributed by atoms with Crippen LogP contribution in [-0.4, -0.2) is 54.1 Å². The molecule has 1 N–H and O–H groups in total. The SMILES string of the molecule is O=C(NCC1(N2CCOCC2)CCCCC1)c1ccc([N+](=O)[O-])o1. The van der Waals surface area contributed by atoms with Crippen molar-refractivity contribution in [3.05, 3.63) is 28.0 Å². The predicted octanol–water partition coefficient (Wildman–Crippen LogP) is 1.95. The Bertz CT molecular complexity index is 588.